The summed E-state index contributed by atoms with van der Waals surface area (Å²) >= 11 is 1.74. The van der Waals surface area contributed by atoms with Gasteiger partial charge in [0.05, 0.1) is 6.61 Å². The Bertz CT molecular complexity index is 191. The first kappa shape index (κ1) is 8.56. The van der Waals surface area contributed by atoms with E-state index in [-0.39, 0.29) is 6.61 Å². The second-order valence-electron chi connectivity index (χ2n) is 2.18. The fraction of sp³-hybridized carbons (Fsp3) is 0.375. The van der Waals surface area contributed by atoms with Gasteiger partial charge in [-0.15, -0.1) is 0 Å². The molecule has 0 unspecified atom stereocenters. The number of thioether (sulfide) groups is 1. The van der Waals surface area contributed by atoms with Gasteiger partial charge >= 0.3 is 0 Å². The highest BCUT2D eigenvalue weighted by Gasteiger charge is 1.92. The molecule has 1 heterocycles. The lowest BCUT2D eigenvalue weighted by molar-refractivity contribution is -0.378. The summed E-state index contributed by atoms with van der Waals surface area (Å²) in [6.45, 7) is 0.267. The van der Waals surface area contributed by atoms with E-state index in [1.165, 1.54) is 5.56 Å². The standard InChI is InChI=1S/C8H11NOS/c10-5-6-11-7-8-1-3-9-4-2-8/h1-4,10H,5-7H2/p+1. The average molecular weight is 170 g/mol. The molecule has 11 heavy (non-hydrogen) atoms. The molecule has 60 valence electrons. The minimum atomic E-state index is 0.267. The molecular formula is C8H12NOS+. The zero-order valence-corrected chi connectivity index (χ0v) is 7.10. The van der Waals surface area contributed by atoms with E-state index in [4.69, 9.17) is 5.11 Å². The van der Waals surface area contributed by atoms with Crippen molar-refractivity contribution < 1.29 is 10.1 Å². The first-order valence-corrected chi connectivity index (χ1v) is 4.72. The zero-order chi connectivity index (χ0) is 7.94. The van der Waals surface area contributed by atoms with E-state index in [1.807, 2.05) is 24.5 Å². The highest BCUT2D eigenvalue weighted by atomic mass is 32.2. The van der Waals surface area contributed by atoms with Crippen LogP contribution in [0.15, 0.2) is 24.5 Å². The summed E-state index contributed by atoms with van der Waals surface area (Å²) in [5.41, 5.74) is 1.29. The van der Waals surface area contributed by atoms with Crippen molar-refractivity contribution >= 4 is 11.8 Å². The van der Waals surface area contributed by atoms with Crippen molar-refractivity contribution in [2.75, 3.05) is 12.4 Å². The van der Waals surface area contributed by atoms with Crippen LogP contribution in [0.5, 0.6) is 0 Å². The second kappa shape index (κ2) is 5.16. The molecule has 0 aromatic carbocycles. The van der Waals surface area contributed by atoms with Gasteiger partial charge in [-0.25, -0.2) is 4.98 Å². The van der Waals surface area contributed by atoms with Crippen LogP contribution in [0, 0.1) is 0 Å². The van der Waals surface area contributed by atoms with Gasteiger partial charge < -0.3 is 5.11 Å². The number of hydrogen-bond donors (Lipinski definition) is 1. The maximum absolute atomic E-state index is 8.52. The summed E-state index contributed by atoms with van der Waals surface area (Å²) < 4.78 is 0. The van der Waals surface area contributed by atoms with E-state index in [0.29, 0.717) is 0 Å². The van der Waals surface area contributed by atoms with Gasteiger partial charge in [0.1, 0.15) is 0 Å². The van der Waals surface area contributed by atoms with Gasteiger partial charge in [-0.2, -0.15) is 11.8 Å². The van der Waals surface area contributed by atoms with Crippen molar-refractivity contribution in [3.63, 3.8) is 0 Å². The largest absolute Gasteiger partial charge is 0.396 e. The van der Waals surface area contributed by atoms with Gasteiger partial charge in [0.15, 0.2) is 12.4 Å². The Kier molecular flexibility index (Phi) is 4.01. The third-order valence-electron chi connectivity index (χ3n) is 1.29. The SMILES string of the molecule is OCCSCc1cc[nH+]cc1. The number of H-pyrrole nitrogens is 1. The highest BCUT2D eigenvalue weighted by molar-refractivity contribution is 7.98. The van der Waals surface area contributed by atoms with Crippen LogP contribution in [0.4, 0.5) is 0 Å². The molecule has 0 saturated heterocycles. The molecule has 0 atom stereocenters. The lowest BCUT2D eigenvalue weighted by atomic mass is 10.3. The van der Waals surface area contributed by atoms with Crippen LogP contribution in [-0.2, 0) is 5.75 Å². The first-order valence-electron chi connectivity index (χ1n) is 3.57. The molecular weight excluding hydrogens is 158 g/mol. The number of hydrogen-bond acceptors (Lipinski definition) is 2. The normalized spacial score (nSPS) is 9.91. The summed E-state index contributed by atoms with van der Waals surface area (Å²) in [6.07, 6.45) is 3.82. The first-order chi connectivity index (χ1) is 5.43. The predicted octanol–water partition coefficient (Wildman–Crippen LogP) is 0.726. The Hall–Kier alpha value is -0.540. The second-order valence-corrected chi connectivity index (χ2v) is 3.29. The van der Waals surface area contributed by atoms with Crippen molar-refractivity contribution in [2.24, 2.45) is 0 Å². The van der Waals surface area contributed by atoms with Crippen LogP contribution in [0.2, 0.25) is 0 Å². The topological polar surface area (TPSA) is 34.4 Å². The van der Waals surface area contributed by atoms with Gasteiger partial charge in [-0.1, -0.05) is 0 Å². The Morgan fingerprint density at radius 3 is 2.73 bits per heavy atom. The molecule has 0 bridgehead atoms. The maximum atomic E-state index is 8.52. The van der Waals surface area contributed by atoms with Crippen LogP contribution in [0.25, 0.3) is 0 Å². The van der Waals surface area contributed by atoms with Crippen molar-refractivity contribution in [2.45, 2.75) is 5.75 Å². The Labute approximate surface area is 70.7 Å². The van der Waals surface area contributed by atoms with E-state index in [2.05, 4.69) is 4.98 Å². The Balaban J connectivity index is 2.28. The molecule has 3 heteroatoms. The number of aliphatic hydroxyl groups is 1. The third kappa shape index (κ3) is 3.39. The summed E-state index contributed by atoms with van der Waals surface area (Å²) in [6, 6.07) is 4.09. The molecule has 0 aliphatic rings. The predicted molar refractivity (Wildman–Crippen MR) is 46.2 cm³/mol. The van der Waals surface area contributed by atoms with Crippen LogP contribution >= 0.6 is 11.8 Å². The Morgan fingerprint density at radius 2 is 2.09 bits per heavy atom. The quantitative estimate of drug-likeness (QED) is 0.676. The molecule has 0 fully saturated rings. The highest BCUT2D eigenvalue weighted by Crippen LogP contribution is 2.08. The number of aliphatic hydroxyl groups excluding tert-OH is 1. The van der Waals surface area contributed by atoms with Gasteiger partial charge in [-0.3, -0.25) is 0 Å². The van der Waals surface area contributed by atoms with E-state index in [9.17, 15) is 0 Å². The van der Waals surface area contributed by atoms with E-state index >= 15 is 0 Å². The molecule has 0 aliphatic heterocycles. The molecule has 0 amide bonds. The lowest BCUT2D eigenvalue weighted by Crippen LogP contribution is -1.98. The molecule has 0 radical (unpaired) electrons. The molecule has 0 saturated carbocycles. The fourth-order valence-electron chi connectivity index (χ4n) is 0.772. The van der Waals surface area contributed by atoms with Crippen molar-refractivity contribution in [3.05, 3.63) is 30.1 Å². The van der Waals surface area contributed by atoms with Crippen LogP contribution in [0.3, 0.4) is 0 Å². The van der Waals surface area contributed by atoms with Gasteiger partial charge in [0.25, 0.3) is 0 Å². The summed E-state index contributed by atoms with van der Waals surface area (Å²) in [4.78, 5) is 2.96. The minimum absolute atomic E-state index is 0.267. The molecule has 0 spiro atoms. The van der Waals surface area contributed by atoms with Crippen LogP contribution in [0.1, 0.15) is 5.56 Å². The fourth-order valence-corrected chi connectivity index (χ4v) is 1.47. The number of nitrogens with one attached hydrogen (secondary N) is 1. The van der Waals surface area contributed by atoms with Gasteiger partial charge in [-0.05, 0) is 5.56 Å². The van der Waals surface area contributed by atoms with Crippen LogP contribution < -0.4 is 4.98 Å². The molecule has 1 aromatic heterocycles. The number of aromatic nitrogens is 1. The van der Waals surface area contributed by atoms with Crippen molar-refractivity contribution in [1.82, 2.24) is 0 Å². The number of rotatable bonds is 4. The molecule has 2 nitrogen and oxygen atoms in total. The third-order valence-corrected chi connectivity index (χ3v) is 2.30. The molecule has 2 N–H and O–H groups in total. The van der Waals surface area contributed by atoms with Crippen molar-refractivity contribution in [1.29, 1.82) is 0 Å². The zero-order valence-electron chi connectivity index (χ0n) is 6.29. The smallest absolute Gasteiger partial charge is 0.167 e. The van der Waals surface area contributed by atoms with E-state index < -0.39 is 0 Å². The molecule has 1 aromatic rings. The average Bonchev–Trinajstić information content (AvgIpc) is 2.07. The lowest BCUT2D eigenvalue weighted by Gasteiger charge is -1.96. The monoisotopic (exact) mass is 170 g/mol. The summed E-state index contributed by atoms with van der Waals surface area (Å²) in [7, 11) is 0. The van der Waals surface area contributed by atoms with Crippen molar-refractivity contribution in [3.8, 4) is 0 Å². The molecule has 0 aliphatic carbocycles. The summed E-state index contributed by atoms with van der Waals surface area (Å²) in [5.74, 6) is 1.80. The number of aromatic amines is 1. The van der Waals surface area contributed by atoms with E-state index in [1.54, 1.807) is 11.8 Å². The minimum Gasteiger partial charge on any atom is -0.396 e. The summed E-state index contributed by atoms with van der Waals surface area (Å²) in [5, 5.41) is 8.52. The maximum Gasteiger partial charge on any atom is 0.167 e. The van der Waals surface area contributed by atoms with Gasteiger partial charge in [0.2, 0.25) is 0 Å². The van der Waals surface area contributed by atoms with Gasteiger partial charge in [0, 0.05) is 23.6 Å². The number of pyridine rings is 1. The van der Waals surface area contributed by atoms with Crippen LogP contribution in [-0.4, -0.2) is 17.5 Å². The molecule has 1 rings (SSSR count). The Morgan fingerprint density at radius 1 is 1.36 bits per heavy atom. The van der Waals surface area contributed by atoms with E-state index in [0.717, 1.165) is 11.5 Å².